The topological polar surface area (TPSA) is 75.4 Å². The standard InChI is InChI=1S/C19H20FN3O3/c1-12-9-23(15-6-4-14(20)5-7-15)21-16(12)17(24)22-10-13-3-2-8-19(13,11-22)18(25)26/h4-7,9,13H,2-3,8,10-11H2,1H3,(H,25,26)/t13-,19+/m0/s1. The molecular weight excluding hydrogens is 337 g/mol. The van der Waals surface area contributed by atoms with Crippen molar-refractivity contribution in [1.29, 1.82) is 0 Å². The Balaban J connectivity index is 1.60. The van der Waals surface area contributed by atoms with E-state index in [4.69, 9.17) is 0 Å². The number of hydrogen-bond donors (Lipinski definition) is 1. The number of carboxylic acids is 1. The van der Waals surface area contributed by atoms with Crippen LogP contribution in [0, 0.1) is 24.1 Å². The van der Waals surface area contributed by atoms with Gasteiger partial charge in [0, 0.05) is 24.8 Å². The van der Waals surface area contributed by atoms with E-state index in [1.807, 2.05) is 0 Å². The Kier molecular flexibility index (Phi) is 3.82. The third kappa shape index (κ3) is 2.50. The fourth-order valence-corrected chi connectivity index (χ4v) is 4.34. The molecule has 1 aromatic carbocycles. The number of aliphatic carboxylic acids is 1. The van der Waals surface area contributed by atoms with Crippen molar-refractivity contribution in [1.82, 2.24) is 14.7 Å². The van der Waals surface area contributed by atoms with E-state index in [0.717, 1.165) is 12.8 Å². The summed E-state index contributed by atoms with van der Waals surface area (Å²) in [6.45, 7) is 2.51. The summed E-state index contributed by atoms with van der Waals surface area (Å²) in [5.41, 5.74) is 0.882. The van der Waals surface area contributed by atoms with E-state index < -0.39 is 11.4 Å². The third-order valence-corrected chi connectivity index (χ3v) is 5.77. The van der Waals surface area contributed by atoms with Crippen molar-refractivity contribution in [2.75, 3.05) is 13.1 Å². The fraction of sp³-hybridized carbons (Fsp3) is 0.421. The highest BCUT2D eigenvalue weighted by molar-refractivity contribution is 5.94. The van der Waals surface area contributed by atoms with Gasteiger partial charge in [-0.3, -0.25) is 9.59 Å². The van der Waals surface area contributed by atoms with Crippen molar-refractivity contribution in [3.8, 4) is 5.69 Å². The van der Waals surface area contributed by atoms with Crippen LogP contribution < -0.4 is 0 Å². The van der Waals surface area contributed by atoms with Crippen LogP contribution >= 0.6 is 0 Å². The average Bonchev–Trinajstić information content (AvgIpc) is 3.27. The molecule has 0 unspecified atom stereocenters. The Morgan fingerprint density at radius 2 is 2.04 bits per heavy atom. The molecule has 1 N–H and O–H groups in total. The van der Waals surface area contributed by atoms with Gasteiger partial charge in [0.2, 0.25) is 0 Å². The minimum Gasteiger partial charge on any atom is -0.481 e. The molecule has 1 aromatic heterocycles. The fourth-order valence-electron chi connectivity index (χ4n) is 4.34. The predicted octanol–water partition coefficient (Wildman–Crippen LogP) is 2.65. The summed E-state index contributed by atoms with van der Waals surface area (Å²) in [4.78, 5) is 26.4. The molecule has 2 fully saturated rings. The Morgan fingerprint density at radius 1 is 1.31 bits per heavy atom. The van der Waals surface area contributed by atoms with Crippen LogP contribution in [0.5, 0.6) is 0 Å². The van der Waals surface area contributed by atoms with Crippen molar-refractivity contribution in [3.05, 3.63) is 47.5 Å². The zero-order valence-corrected chi connectivity index (χ0v) is 14.5. The molecule has 1 amide bonds. The second-order valence-electron chi connectivity index (χ2n) is 7.32. The summed E-state index contributed by atoms with van der Waals surface area (Å²) in [6.07, 6.45) is 4.10. The zero-order chi connectivity index (χ0) is 18.5. The summed E-state index contributed by atoms with van der Waals surface area (Å²) >= 11 is 0. The molecule has 7 heteroatoms. The molecule has 6 nitrogen and oxygen atoms in total. The van der Waals surface area contributed by atoms with Gasteiger partial charge in [-0.05, 0) is 49.9 Å². The number of aromatic nitrogens is 2. The molecule has 2 aromatic rings. The van der Waals surface area contributed by atoms with Gasteiger partial charge >= 0.3 is 5.97 Å². The number of nitrogens with zero attached hydrogens (tertiary/aromatic N) is 3. The van der Waals surface area contributed by atoms with E-state index in [0.29, 0.717) is 29.9 Å². The maximum atomic E-state index is 13.1. The normalized spacial score (nSPS) is 24.7. The van der Waals surface area contributed by atoms with Gasteiger partial charge in [0.05, 0.1) is 11.1 Å². The number of likely N-dealkylation sites (tertiary alicyclic amines) is 1. The number of carboxylic acid groups (broad SMARTS) is 1. The van der Waals surface area contributed by atoms with Crippen LogP contribution in [0.15, 0.2) is 30.5 Å². The first-order valence-electron chi connectivity index (χ1n) is 8.75. The molecule has 1 aliphatic heterocycles. The van der Waals surface area contributed by atoms with Gasteiger partial charge in [-0.25, -0.2) is 9.07 Å². The molecule has 136 valence electrons. The molecule has 2 heterocycles. The number of rotatable bonds is 3. The van der Waals surface area contributed by atoms with Crippen LogP contribution in [0.2, 0.25) is 0 Å². The molecule has 1 saturated heterocycles. The Hall–Kier alpha value is -2.70. The summed E-state index contributed by atoms with van der Waals surface area (Å²) in [6, 6.07) is 5.86. The maximum Gasteiger partial charge on any atom is 0.311 e. The zero-order valence-electron chi connectivity index (χ0n) is 14.5. The first-order chi connectivity index (χ1) is 12.4. The highest BCUT2D eigenvalue weighted by Crippen LogP contribution is 2.49. The van der Waals surface area contributed by atoms with Crippen LogP contribution in [0.3, 0.4) is 0 Å². The Morgan fingerprint density at radius 3 is 2.69 bits per heavy atom. The molecular formula is C19H20FN3O3. The van der Waals surface area contributed by atoms with Crippen molar-refractivity contribution in [2.45, 2.75) is 26.2 Å². The average molecular weight is 357 g/mol. The number of hydrogen-bond acceptors (Lipinski definition) is 3. The van der Waals surface area contributed by atoms with Gasteiger partial charge in [-0.2, -0.15) is 5.10 Å². The molecule has 1 aliphatic carbocycles. The number of halogens is 1. The summed E-state index contributed by atoms with van der Waals surface area (Å²) in [5.74, 6) is -1.36. The van der Waals surface area contributed by atoms with Gasteiger partial charge in [-0.15, -0.1) is 0 Å². The number of carbonyl (C=O) groups excluding carboxylic acids is 1. The van der Waals surface area contributed by atoms with Crippen LogP contribution in [0.4, 0.5) is 4.39 Å². The molecule has 1 saturated carbocycles. The molecule has 0 bridgehead atoms. The lowest BCUT2D eigenvalue weighted by molar-refractivity contribution is -0.149. The summed E-state index contributed by atoms with van der Waals surface area (Å²) in [5, 5.41) is 14.1. The van der Waals surface area contributed by atoms with Crippen molar-refractivity contribution < 1.29 is 19.1 Å². The predicted molar refractivity (Wildman–Crippen MR) is 91.6 cm³/mol. The van der Waals surface area contributed by atoms with Crippen LogP contribution in [0.25, 0.3) is 5.69 Å². The number of fused-ring (bicyclic) bond motifs is 1. The van der Waals surface area contributed by atoms with Gasteiger partial charge in [-0.1, -0.05) is 6.42 Å². The van der Waals surface area contributed by atoms with Crippen molar-refractivity contribution >= 4 is 11.9 Å². The summed E-state index contributed by atoms with van der Waals surface area (Å²) in [7, 11) is 0. The lowest BCUT2D eigenvalue weighted by Crippen LogP contribution is -2.37. The van der Waals surface area contributed by atoms with Gasteiger partial charge in [0.25, 0.3) is 5.91 Å². The number of aryl methyl sites for hydroxylation is 1. The second-order valence-corrected chi connectivity index (χ2v) is 7.32. The maximum absolute atomic E-state index is 13.1. The van der Waals surface area contributed by atoms with E-state index in [1.165, 1.54) is 12.1 Å². The van der Waals surface area contributed by atoms with E-state index in [1.54, 1.807) is 34.8 Å². The third-order valence-electron chi connectivity index (χ3n) is 5.77. The smallest absolute Gasteiger partial charge is 0.311 e. The Bertz CT molecular complexity index is 877. The first-order valence-corrected chi connectivity index (χ1v) is 8.75. The van der Waals surface area contributed by atoms with Crippen LogP contribution in [0.1, 0.15) is 35.3 Å². The molecule has 26 heavy (non-hydrogen) atoms. The van der Waals surface area contributed by atoms with Gasteiger partial charge < -0.3 is 10.0 Å². The molecule has 4 rings (SSSR count). The monoisotopic (exact) mass is 357 g/mol. The van der Waals surface area contributed by atoms with Gasteiger partial charge in [0.15, 0.2) is 5.69 Å². The highest BCUT2D eigenvalue weighted by Gasteiger charge is 2.56. The number of amides is 1. The van der Waals surface area contributed by atoms with E-state index in [-0.39, 0.29) is 24.2 Å². The Labute approximate surface area is 150 Å². The first kappa shape index (κ1) is 16.8. The van der Waals surface area contributed by atoms with E-state index in [9.17, 15) is 19.1 Å². The lowest BCUT2D eigenvalue weighted by Gasteiger charge is -2.23. The van der Waals surface area contributed by atoms with Crippen molar-refractivity contribution in [2.24, 2.45) is 11.3 Å². The van der Waals surface area contributed by atoms with E-state index in [2.05, 4.69) is 5.10 Å². The lowest BCUT2D eigenvalue weighted by atomic mass is 9.81. The van der Waals surface area contributed by atoms with Gasteiger partial charge in [0.1, 0.15) is 5.82 Å². The molecule has 0 radical (unpaired) electrons. The quantitative estimate of drug-likeness (QED) is 0.916. The van der Waals surface area contributed by atoms with Crippen LogP contribution in [-0.4, -0.2) is 44.8 Å². The highest BCUT2D eigenvalue weighted by atomic mass is 19.1. The van der Waals surface area contributed by atoms with Crippen molar-refractivity contribution in [3.63, 3.8) is 0 Å². The SMILES string of the molecule is Cc1cn(-c2ccc(F)cc2)nc1C(=O)N1C[C@@H]2CCC[C@@]2(C(=O)O)C1. The second kappa shape index (κ2) is 5.93. The minimum absolute atomic E-state index is 0.0171. The van der Waals surface area contributed by atoms with Crippen LogP contribution in [-0.2, 0) is 4.79 Å². The number of carbonyl (C=O) groups is 2. The minimum atomic E-state index is -0.802. The largest absolute Gasteiger partial charge is 0.481 e. The molecule has 0 spiro atoms. The number of benzene rings is 1. The summed E-state index contributed by atoms with van der Waals surface area (Å²) < 4.78 is 14.6. The molecule has 2 aliphatic rings. The van der Waals surface area contributed by atoms with E-state index >= 15 is 0 Å². The molecule has 2 atom stereocenters.